The highest BCUT2D eigenvalue weighted by atomic mass is 32.2. The summed E-state index contributed by atoms with van der Waals surface area (Å²) >= 11 is 0. The molecule has 0 aliphatic carbocycles. The molecule has 2 heterocycles. The van der Waals surface area contributed by atoms with E-state index < -0.39 is 16.1 Å². The number of hydrogen-bond donors (Lipinski definition) is 0. The van der Waals surface area contributed by atoms with Gasteiger partial charge < -0.3 is 9.26 Å². The zero-order valence-electron chi connectivity index (χ0n) is 15.7. The van der Waals surface area contributed by atoms with E-state index in [9.17, 15) is 8.42 Å². The van der Waals surface area contributed by atoms with E-state index in [0.717, 1.165) is 16.7 Å². The lowest BCUT2D eigenvalue weighted by Gasteiger charge is -2.30. The van der Waals surface area contributed by atoms with Gasteiger partial charge in [0.25, 0.3) is 5.89 Å². The molecule has 0 amide bonds. The van der Waals surface area contributed by atoms with E-state index in [1.165, 1.54) is 4.31 Å². The van der Waals surface area contributed by atoms with Crippen molar-refractivity contribution in [1.29, 1.82) is 0 Å². The third-order valence-corrected chi connectivity index (χ3v) is 6.67. The van der Waals surface area contributed by atoms with Crippen molar-refractivity contribution < 1.29 is 17.7 Å². The second kappa shape index (κ2) is 7.46. The summed E-state index contributed by atoms with van der Waals surface area (Å²) in [6.45, 7) is 4.57. The van der Waals surface area contributed by atoms with Crippen molar-refractivity contribution in [3.05, 3.63) is 65.5 Å². The maximum Gasteiger partial charge on any atom is 0.257 e. The average molecular weight is 399 g/mol. The maximum absolute atomic E-state index is 13.0. The van der Waals surface area contributed by atoms with Crippen LogP contribution in [0.1, 0.15) is 23.1 Å². The standard InChI is InChI=1S/C20H21N3O4S/c1-14-7-9-16(10-8-14)28(24,25)23-11-12-26-18(13-23)20-21-19(22-27-20)17-6-4-3-5-15(17)2/h3-10,18H,11-13H2,1-2H3. The first kappa shape index (κ1) is 18.8. The minimum Gasteiger partial charge on any atom is -0.366 e. The van der Waals surface area contributed by atoms with Gasteiger partial charge >= 0.3 is 0 Å². The zero-order valence-corrected chi connectivity index (χ0v) is 16.5. The molecule has 1 aliphatic rings. The number of nitrogens with zero attached hydrogens (tertiary/aromatic N) is 3. The van der Waals surface area contributed by atoms with Gasteiger partial charge in [0.2, 0.25) is 15.8 Å². The van der Waals surface area contributed by atoms with Crippen LogP contribution in [0, 0.1) is 13.8 Å². The highest BCUT2D eigenvalue weighted by Crippen LogP contribution is 2.28. The summed E-state index contributed by atoms with van der Waals surface area (Å²) in [5.41, 5.74) is 2.91. The minimum atomic E-state index is -3.61. The number of rotatable bonds is 4. The van der Waals surface area contributed by atoms with Gasteiger partial charge in [-0.05, 0) is 31.5 Å². The number of aryl methyl sites for hydroxylation is 2. The molecule has 0 bridgehead atoms. The van der Waals surface area contributed by atoms with Gasteiger partial charge in [-0.3, -0.25) is 0 Å². The van der Waals surface area contributed by atoms with Gasteiger partial charge in [-0.1, -0.05) is 47.1 Å². The van der Waals surface area contributed by atoms with Crippen LogP contribution in [0.5, 0.6) is 0 Å². The quantitative estimate of drug-likeness (QED) is 0.670. The molecule has 1 atom stereocenters. The minimum absolute atomic E-state index is 0.131. The highest BCUT2D eigenvalue weighted by Gasteiger charge is 2.34. The Hall–Kier alpha value is -2.55. The molecule has 7 nitrogen and oxygen atoms in total. The predicted molar refractivity (Wildman–Crippen MR) is 103 cm³/mol. The summed E-state index contributed by atoms with van der Waals surface area (Å²) < 4.78 is 38.4. The molecule has 0 saturated carbocycles. The van der Waals surface area contributed by atoms with Gasteiger partial charge in [0, 0.05) is 18.7 Å². The molecule has 28 heavy (non-hydrogen) atoms. The first-order chi connectivity index (χ1) is 13.4. The number of aromatic nitrogens is 2. The van der Waals surface area contributed by atoms with E-state index in [-0.39, 0.29) is 30.5 Å². The van der Waals surface area contributed by atoms with Gasteiger partial charge in [-0.25, -0.2) is 8.42 Å². The largest absolute Gasteiger partial charge is 0.366 e. The molecule has 3 aromatic rings. The molecule has 1 aromatic heterocycles. The topological polar surface area (TPSA) is 85.5 Å². The summed E-state index contributed by atoms with van der Waals surface area (Å²) in [5.74, 6) is 0.747. The summed E-state index contributed by atoms with van der Waals surface area (Å²) in [6.07, 6.45) is -0.598. The van der Waals surface area contributed by atoms with E-state index in [2.05, 4.69) is 10.1 Å². The van der Waals surface area contributed by atoms with Crippen LogP contribution in [0.15, 0.2) is 57.9 Å². The number of benzene rings is 2. The van der Waals surface area contributed by atoms with Crippen LogP contribution >= 0.6 is 0 Å². The van der Waals surface area contributed by atoms with Crippen LogP contribution in [-0.2, 0) is 14.8 Å². The van der Waals surface area contributed by atoms with E-state index in [1.807, 2.05) is 38.1 Å². The average Bonchev–Trinajstić information content (AvgIpc) is 3.19. The molecule has 1 unspecified atom stereocenters. The van der Waals surface area contributed by atoms with Crippen molar-refractivity contribution in [2.75, 3.05) is 19.7 Å². The van der Waals surface area contributed by atoms with Gasteiger partial charge in [0.05, 0.1) is 11.5 Å². The van der Waals surface area contributed by atoms with E-state index in [0.29, 0.717) is 5.82 Å². The molecular formula is C20H21N3O4S. The fourth-order valence-corrected chi connectivity index (χ4v) is 4.58. The molecule has 1 saturated heterocycles. The van der Waals surface area contributed by atoms with Gasteiger partial charge in [0.1, 0.15) is 0 Å². The van der Waals surface area contributed by atoms with Gasteiger partial charge in [0.15, 0.2) is 6.10 Å². The van der Waals surface area contributed by atoms with Crippen LogP contribution in [0.3, 0.4) is 0 Å². The molecule has 1 aliphatic heterocycles. The molecule has 4 rings (SSSR count). The monoisotopic (exact) mass is 399 g/mol. The lowest BCUT2D eigenvalue weighted by molar-refractivity contribution is -0.0199. The Labute approximate surface area is 164 Å². The molecule has 8 heteroatoms. The molecule has 1 fully saturated rings. The lowest BCUT2D eigenvalue weighted by atomic mass is 10.1. The third-order valence-electron chi connectivity index (χ3n) is 4.79. The van der Waals surface area contributed by atoms with E-state index >= 15 is 0 Å². The van der Waals surface area contributed by atoms with Crippen molar-refractivity contribution >= 4 is 10.0 Å². The number of sulfonamides is 1. The van der Waals surface area contributed by atoms with Crippen molar-refractivity contribution in [1.82, 2.24) is 14.4 Å². The van der Waals surface area contributed by atoms with Crippen LogP contribution in [0.4, 0.5) is 0 Å². The van der Waals surface area contributed by atoms with Crippen molar-refractivity contribution in [2.24, 2.45) is 0 Å². The zero-order chi connectivity index (χ0) is 19.7. The molecular weight excluding hydrogens is 378 g/mol. The fourth-order valence-electron chi connectivity index (χ4n) is 3.15. The highest BCUT2D eigenvalue weighted by molar-refractivity contribution is 7.89. The van der Waals surface area contributed by atoms with Crippen LogP contribution < -0.4 is 0 Å². The second-order valence-electron chi connectivity index (χ2n) is 6.81. The Morgan fingerprint density at radius 2 is 1.82 bits per heavy atom. The molecule has 146 valence electrons. The molecule has 0 N–H and O–H groups in total. The summed E-state index contributed by atoms with van der Waals surface area (Å²) in [7, 11) is -3.61. The molecule has 2 aromatic carbocycles. The Kier molecular flexibility index (Phi) is 5.01. The number of ether oxygens (including phenoxy) is 1. The first-order valence-electron chi connectivity index (χ1n) is 9.03. The summed E-state index contributed by atoms with van der Waals surface area (Å²) in [5, 5.41) is 4.04. The molecule has 0 spiro atoms. The van der Waals surface area contributed by atoms with Crippen molar-refractivity contribution in [3.8, 4) is 11.4 Å². The normalized spacial score (nSPS) is 18.3. The SMILES string of the molecule is Cc1ccc(S(=O)(=O)N2CCOC(c3nc(-c4ccccc4C)no3)C2)cc1. The molecule has 0 radical (unpaired) electrons. The smallest absolute Gasteiger partial charge is 0.257 e. The van der Waals surface area contributed by atoms with Crippen molar-refractivity contribution in [2.45, 2.75) is 24.8 Å². The van der Waals surface area contributed by atoms with Crippen LogP contribution in [0.25, 0.3) is 11.4 Å². The Balaban J connectivity index is 1.56. The Morgan fingerprint density at radius 3 is 2.57 bits per heavy atom. The van der Waals surface area contributed by atoms with E-state index in [1.54, 1.807) is 24.3 Å². The Morgan fingerprint density at radius 1 is 1.07 bits per heavy atom. The summed E-state index contributed by atoms with van der Waals surface area (Å²) in [6, 6.07) is 14.6. The first-order valence-corrected chi connectivity index (χ1v) is 10.5. The van der Waals surface area contributed by atoms with Crippen molar-refractivity contribution in [3.63, 3.8) is 0 Å². The van der Waals surface area contributed by atoms with Gasteiger partial charge in [-0.2, -0.15) is 9.29 Å². The number of morpholine rings is 1. The maximum atomic E-state index is 13.0. The Bertz CT molecular complexity index is 1080. The lowest BCUT2D eigenvalue weighted by Crippen LogP contribution is -2.42. The second-order valence-corrected chi connectivity index (χ2v) is 8.74. The van der Waals surface area contributed by atoms with Gasteiger partial charge in [-0.15, -0.1) is 0 Å². The van der Waals surface area contributed by atoms with Crippen LogP contribution in [0.2, 0.25) is 0 Å². The summed E-state index contributed by atoms with van der Waals surface area (Å²) in [4.78, 5) is 4.71. The fraction of sp³-hybridized carbons (Fsp3) is 0.300. The number of hydrogen-bond acceptors (Lipinski definition) is 6. The van der Waals surface area contributed by atoms with E-state index in [4.69, 9.17) is 9.26 Å². The third kappa shape index (κ3) is 3.58. The van der Waals surface area contributed by atoms with Crippen LogP contribution in [-0.4, -0.2) is 42.6 Å². The predicted octanol–water partition coefficient (Wildman–Crippen LogP) is 3.12.